The van der Waals surface area contributed by atoms with Gasteiger partial charge in [-0.25, -0.2) is 0 Å². The number of hydrogen-bond acceptors (Lipinski definition) is 6. The lowest BCUT2D eigenvalue weighted by atomic mass is 9.63. The molecule has 10 atom stereocenters. The zero-order valence-electron chi connectivity index (χ0n) is 26.1. The minimum Gasteiger partial charge on any atom is -0.468 e. The average Bonchev–Trinajstić information content (AvgIpc) is 3.69. The van der Waals surface area contributed by atoms with E-state index in [0.717, 1.165) is 11.1 Å². The van der Waals surface area contributed by atoms with Crippen LogP contribution in [0.3, 0.4) is 0 Å². The Labute approximate surface area is 269 Å². The zero-order valence-corrected chi connectivity index (χ0v) is 26.1. The Balaban J connectivity index is 1.37. The molecule has 2 aliphatic heterocycles. The Hall–Kier alpha value is -4.26. The van der Waals surface area contributed by atoms with Gasteiger partial charge < -0.3 is 9.47 Å². The van der Waals surface area contributed by atoms with E-state index in [0.29, 0.717) is 13.1 Å². The van der Waals surface area contributed by atoms with Gasteiger partial charge >= 0.3 is 11.9 Å². The number of ether oxygens (including phenoxy) is 2. The summed E-state index contributed by atoms with van der Waals surface area (Å²) in [5.41, 5.74) is 2.95. The molecule has 0 N–H and O–H groups in total. The van der Waals surface area contributed by atoms with Crippen LogP contribution >= 0.6 is 0 Å². The molecule has 2 saturated heterocycles. The number of nitrogens with zero attached hydrogens (tertiary/aromatic N) is 2. The molecule has 5 aliphatic rings. The number of carbonyl (C=O) groups excluding carboxylic acids is 2. The van der Waals surface area contributed by atoms with E-state index >= 15 is 0 Å². The Morgan fingerprint density at radius 1 is 0.522 bits per heavy atom. The number of benzene rings is 4. The largest absolute Gasteiger partial charge is 0.468 e. The standard InChI is InChI=1S/C40H38N2O4/c1-45-37(43)39-31(27-19-11-5-12-20-27)29-30-32(28-21-13-6-14-22-28)40(38(44)46-2)34(29)42(24-26-17-9-4-10-18-26)35(39)36(40)41(33(30)39)23-25-15-7-3-8-16-25/h3-22,29-36H,23-24H2,1-2H3. The fourth-order valence-electron chi connectivity index (χ4n) is 11.7. The quantitative estimate of drug-likeness (QED) is 0.240. The lowest BCUT2D eigenvalue weighted by molar-refractivity contribution is -0.168. The van der Waals surface area contributed by atoms with Crippen molar-refractivity contribution in [3.05, 3.63) is 144 Å². The molecule has 232 valence electrons. The molecule has 0 spiro atoms. The number of hydrogen-bond donors (Lipinski definition) is 0. The van der Waals surface area contributed by atoms with E-state index in [2.05, 4.69) is 107 Å². The van der Waals surface area contributed by atoms with Gasteiger partial charge in [0.05, 0.1) is 14.2 Å². The number of likely N-dealkylation sites (tertiary alicyclic amines) is 2. The first-order chi connectivity index (χ1) is 22.6. The highest BCUT2D eigenvalue weighted by molar-refractivity contribution is 5.90. The van der Waals surface area contributed by atoms with Crippen LogP contribution in [0.25, 0.3) is 0 Å². The second-order valence-electron chi connectivity index (χ2n) is 13.9. The van der Waals surface area contributed by atoms with Crippen LogP contribution in [0, 0.1) is 22.7 Å². The van der Waals surface area contributed by atoms with Gasteiger partial charge in [0.2, 0.25) is 0 Å². The van der Waals surface area contributed by atoms with Crippen molar-refractivity contribution in [3.63, 3.8) is 0 Å². The van der Waals surface area contributed by atoms with Crippen LogP contribution in [0.2, 0.25) is 0 Å². The number of piperidine rings is 2. The molecule has 3 aliphatic carbocycles. The van der Waals surface area contributed by atoms with E-state index in [4.69, 9.17) is 9.47 Å². The Bertz CT molecular complexity index is 1650. The Morgan fingerprint density at radius 3 is 1.17 bits per heavy atom. The summed E-state index contributed by atoms with van der Waals surface area (Å²) in [6, 6.07) is 41.5. The van der Waals surface area contributed by atoms with Crippen molar-refractivity contribution in [2.45, 2.75) is 49.1 Å². The first-order valence-electron chi connectivity index (χ1n) is 16.5. The molecular formula is C40H38N2O4. The number of carbonyl (C=O) groups is 2. The van der Waals surface area contributed by atoms with Gasteiger partial charge in [-0.15, -0.1) is 0 Å². The van der Waals surface area contributed by atoms with Crippen molar-refractivity contribution < 1.29 is 19.1 Å². The molecule has 0 radical (unpaired) electrons. The van der Waals surface area contributed by atoms with E-state index in [-0.39, 0.29) is 59.8 Å². The summed E-state index contributed by atoms with van der Waals surface area (Å²) < 4.78 is 11.9. The highest BCUT2D eigenvalue weighted by Crippen LogP contribution is 2.85. The summed E-state index contributed by atoms with van der Waals surface area (Å²) in [6.45, 7) is 1.31. The fraction of sp³-hybridized carbons (Fsp3) is 0.350. The van der Waals surface area contributed by atoms with Crippen LogP contribution in [-0.4, -0.2) is 60.1 Å². The van der Waals surface area contributed by atoms with E-state index in [1.807, 2.05) is 24.3 Å². The van der Waals surface area contributed by atoms with Gasteiger partial charge in [0.1, 0.15) is 10.8 Å². The smallest absolute Gasteiger partial charge is 0.315 e. The van der Waals surface area contributed by atoms with Crippen molar-refractivity contribution in [1.82, 2.24) is 9.80 Å². The molecule has 4 aromatic carbocycles. The summed E-state index contributed by atoms with van der Waals surface area (Å²) in [5, 5.41) is 0. The maximum absolute atomic E-state index is 14.9. The Kier molecular flexibility index (Phi) is 6.16. The number of esters is 2. The normalized spacial score (nSPS) is 36.4. The lowest BCUT2D eigenvalue weighted by Gasteiger charge is -2.52. The predicted octanol–water partition coefficient (Wildman–Crippen LogP) is 5.65. The van der Waals surface area contributed by atoms with Crippen molar-refractivity contribution in [2.75, 3.05) is 14.2 Å². The molecule has 9 rings (SSSR count). The minimum absolute atomic E-state index is 0.0431. The second-order valence-corrected chi connectivity index (χ2v) is 13.9. The van der Waals surface area contributed by atoms with Crippen molar-refractivity contribution >= 4 is 11.9 Å². The third kappa shape index (κ3) is 3.24. The molecule has 8 bridgehead atoms. The molecular weight excluding hydrogens is 572 g/mol. The summed E-state index contributed by atoms with van der Waals surface area (Å²) >= 11 is 0. The van der Waals surface area contributed by atoms with E-state index in [1.54, 1.807) is 14.2 Å². The van der Waals surface area contributed by atoms with E-state index < -0.39 is 10.8 Å². The topological polar surface area (TPSA) is 59.1 Å². The van der Waals surface area contributed by atoms with Gasteiger partial charge in [-0.2, -0.15) is 0 Å². The SMILES string of the molecule is COC(=O)C12C(c3ccccc3)C3C4C(c5ccccc5)C5(C(=O)OC)C3N(Cc3ccccc3)C1C5N(Cc1ccccc1)C42. The monoisotopic (exact) mass is 610 g/mol. The van der Waals surface area contributed by atoms with Crippen molar-refractivity contribution in [3.8, 4) is 0 Å². The first-order valence-corrected chi connectivity index (χ1v) is 16.5. The van der Waals surface area contributed by atoms with Crippen LogP contribution in [0.15, 0.2) is 121 Å². The highest BCUT2D eigenvalue weighted by Gasteiger charge is 2.95. The maximum Gasteiger partial charge on any atom is 0.315 e. The summed E-state index contributed by atoms with van der Waals surface area (Å²) in [7, 11) is 3.09. The molecule has 6 nitrogen and oxygen atoms in total. The van der Waals surface area contributed by atoms with Gasteiger partial charge in [0, 0.05) is 49.1 Å². The zero-order chi connectivity index (χ0) is 31.2. The van der Waals surface area contributed by atoms with Crippen molar-refractivity contribution in [1.29, 1.82) is 0 Å². The Morgan fingerprint density at radius 2 is 0.848 bits per heavy atom. The summed E-state index contributed by atoms with van der Waals surface area (Å²) in [4.78, 5) is 34.9. The molecule has 0 aromatic heterocycles. The van der Waals surface area contributed by atoms with Gasteiger partial charge in [-0.3, -0.25) is 19.4 Å². The van der Waals surface area contributed by atoms with Crippen LogP contribution in [0.1, 0.15) is 34.1 Å². The summed E-state index contributed by atoms with van der Waals surface area (Å²) in [6.07, 6.45) is 0. The van der Waals surface area contributed by atoms with E-state index in [1.165, 1.54) is 11.1 Å². The first kappa shape index (κ1) is 28.0. The van der Waals surface area contributed by atoms with Gasteiger partial charge in [-0.05, 0) is 34.1 Å². The second kappa shape index (κ2) is 10.1. The number of methoxy groups -OCH3 is 2. The minimum atomic E-state index is -0.866. The van der Waals surface area contributed by atoms with Gasteiger partial charge in [0.25, 0.3) is 0 Å². The molecule has 10 unspecified atom stereocenters. The number of rotatable bonds is 8. The summed E-state index contributed by atoms with van der Waals surface area (Å²) in [5.74, 6) is -0.419. The third-order valence-electron chi connectivity index (χ3n) is 12.5. The molecule has 0 amide bonds. The van der Waals surface area contributed by atoms with Gasteiger partial charge in [-0.1, -0.05) is 121 Å². The van der Waals surface area contributed by atoms with Gasteiger partial charge in [0.15, 0.2) is 0 Å². The van der Waals surface area contributed by atoms with E-state index in [9.17, 15) is 9.59 Å². The van der Waals surface area contributed by atoms with Crippen LogP contribution in [-0.2, 0) is 32.2 Å². The molecule has 46 heavy (non-hydrogen) atoms. The highest BCUT2D eigenvalue weighted by atomic mass is 16.5. The molecule has 5 fully saturated rings. The van der Waals surface area contributed by atoms with Crippen LogP contribution in [0.5, 0.6) is 0 Å². The van der Waals surface area contributed by atoms with Crippen LogP contribution < -0.4 is 0 Å². The molecule has 2 heterocycles. The fourth-order valence-corrected chi connectivity index (χ4v) is 11.7. The molecule has 3 saturated carbocycles. The average molecular weight is 611 g/mol. The lowest BCUT2D eigenvalue weighted by Crippen LogP contribution is -2.63. The van der Waals surface area contributed by atoms with Crippen molar-refractivity contribution in [2.24, 2.45) is 22.7 Å². The van der Waals surface area contributed by atoms with Crippen LogP contribution in [0.4, 0.5) is 0 Å². The predicted molar refractivity (Wildman–Crippen MR) is 173 cm³/mol. The third-order valence-corrected chi connectivity index (χ3v) is 12.5. The molecule has 4 aromatic rings. The molecule has 6 heteroatoms. The maximum atomic E-state index is 14.9.